The van der Waals surface area contributed by atoms with Crippen molar-refractivity contribution < 1.29 is 14.3 Å². The Hall–Kier alpha value is -1.61. The number of imidazole rings is 1. The molecule has 5 nitrogen and oxygen atoms in total. The predicted octanol–water partition coefficient (Wildman–Crippen LogP) is 2.83. The van der Waals surface area contributed by atoms with E-state index in [-0.39, 0.29) is 17.9 Å². The summed E-state index contributed by atoms with van der Waals surface area (Å²) in [5.41, 5.74) is 0.210. The van der Waals surface area contributed by atoms with Crippen molar-refractivity contribution in [3.8, 4) is 11.8 Å². The van der Waals surface area contributed by atoms with Crippen molar-refractivity contribution in [1.29, 1.82) is 0 Å². The van der Waals surface area contributed by atoms with Gasteiger partial charge < -0.3 is 9.30 Å². The Labute approximate surface area is 126 Å². The maximum atomic E-state index is 12.1. The number of halogens is 1. The van der Waals surface area contributed by atoms with E-state index in [9.17, 15) is 9.59 Å². The van der Waals surface area contributed by atoms with Crippen molar-refractivity contribution in [2.75, 3.05) is 6.61 Å². The highest BCUT2D eigenvalue weighted by Crippen LogP contribution is 2.17. The van der Waals surface area contributed by atoms with Gasteiger partial charge in [-0.05, 0) is 29.3 Å². The predicted molar refractivity (Wildman–Crippen MR) is 78.6 cm³/mol. The minimum Gasteiger partial charge on any atom is -0.461 e. The lowest BCUT2D eigenvalue weighted by atomic mass is 10.3. The molecule has 0 atom stereocenters. The summed E-state index contributed by atoms with van der Waals surface area (Å²) in [4.78, 5) is 27.1. The monoisotopic (exact) mass is 340 g/mol. The van der Waals surface area contributed by atoms with Crippen molar-refractivity contribution in [1.82, 2.24) is 9.55 Å². The zero-order chi connectivity index (χ0) is 15.0. The molecule has 1 heterocycles. The molecule has 0 fully saturated rings. The Balaban J connectivity index is 2.91. The highest BCUT2D eigenvalue weighted by molar-refractivity contribution is 9.10. The quantitative estimate of drug-likeness (QED) is 0.331. The van der Waals surface area contributed by atoms with Gasteiger partial charge in [-0.2, -0.15) is 0 Å². The lowest BCUT2D eigenvalue weighted by Gasteiger charge is -2.07. The summed E-state index contributed by atoms with van der Waals surface area (Å²) in [6.07, 6.45) is 3.40. The molecule has 1 rings (SSSR count). The van der Waals surface area contributed by atoms with Gasteiger partial charge >= 0.3 is 5.97 Å². The summed E-state index contributed by atoms with van der Waals surface area (Å²) in [7, 11) is 0. The number of esters is 1. The lowest BCUT2D eigenvalue weighted by Crippen LogP contribution is -2.15. The molecule has 1 aromatic rings. The molecule has 0 unspecified atom stereocenters. The van der Waals surface area contributed by atoms with Gasteiger partial charge in [0.2, 0.25) is 0 Å². The van der Waals surface area contributed by atoms with Gasteiger partial charge in [-0.3, -0.25) is 4.79 Å². The minimum atomic E-state index is -0.542. The largest absolute Gasteiger partial charge is 0.461 e. The minimum absolute atomic E-state index is 0.0651. The van der Waals surface area contributed by atoms with Gasteiger partial charge in [-0.15, -0.1) is 5.92 Å². The summed E-state index contributed by atoms with van der Waals surface area (Å²) >= 11 is 3.22. The SMILES string of the molecule is CC#CCn1c(Br)nc(C=O)c1C(=O)OCCCCC. The Morgan fingerprint density at radius 3 is 2.85 bits per heavy atom. The molecule has 108 valence electrons. The molecular weight excluding hydrogens is 324 g/mol. The number of aromatic nitrogens is 2. The number of hydrogen-bond acceptors (Lipinski definition) is 4. The Morgan fingerprint density at radius 2 is 2.25 bits per heavy atom. The third-order valence-corrected chi connectivity index (χ3v) is 3.25. The Kier molecular flexibility index (Phi) is 7.02. The van der Waals surface area contributed by atoms with Crippen molar-refractivity contribution in [2.45, 2.75) is 39.7 Å². The van der Waals surface area contributed by atoms with Crippen LogP contribution in [0.1, 0.15) is 54.1 Å². The van der Waals surface area contributed by atoms with Gasteiger partial charge in [0.1, 0.15) is 5.69 Å². The molecule has 20 heavy (non-hydrogen) atoms. The van der Waals surface area contributed by atoms with E-state index in [1.807, 2.05) is 0 Å². The molecule has 0 amide bonds. The van der Waals surface area contributed by atoms with Crippen molar-refractivity contribution in [3.05, 3.63) is 16.1 Å². The van der Waals surface area contributed by atoms with Crippen LogP contribution in [0, 0.1) is 11.8 Å². The summed E-state index contributed by atoms with van der Waals surface area (Å²) in [6.45, 7) is 4.39. The second-order valence-electron chi connectivity index (χ2n) is 4.09. The molecular formula is C14H17BrN2O3. The number of aldehydes is 1. The van der Waals surface area contributed by atoms with E-state index in [1.54, 1.807) is 6.92 Å². The van der Waals surface area contributed by atoms with Gasteiger partial charge in [-0.1, -0.05) is 25.7 Å². The van der Waals surface area contributed by atoms with Crippen LogP contribution in [0.25, 0.3) is 0 Å². The number of nitrogens with zero attached hydrogens (tertiary/aromatic N) is 2. The van der Waals surface area contributed by atoms with Crippen LogP contribution < -0.4 is 0 Å². The van der Waals surface area contributed by atoms with Crippen LogP contribution in [0.4, 0.5) is 0 Å². The molecule has 0 N–H and O–H groups in total. The van der Waals surface area contributed by atoms with Gasteiger partial charge in [0.05, 0.1) is 13.2 Å². The van der Waals surface area contributed by atoms with Crippen LogP contribution in [0.15, 0.2) is 4.73 Å². The zero-order valence-corrected chi connectivity index (χ0v) is 13.2. The lowest BCUT2D eigenvalue weighted by molar-refractivity contribution is 0.0484. The summed E-state index contributed by atoms with van der Waals surface area (Å²) in [5, 5.41) is 0. The second-order valence-corrected chi connectivity index (χ2v) is 4.80. The van der Waals surface area contributed by atoms with Gasteiger partial charge in [0.25, 0.3) is 0 Å². The highest BCUT2D eigenvalue weighted by Gasteiger charge is 2.22. The third kappa shape index (κ3) is 4.20. The fourth-order valence-electron chi connectivity index (χ4n) is 1.63. The molecule has 0 saturated carbocycles. The number of carbonyl (C=O) groups is 2. The van der Waals surface area contributed by atoms with E-state index >= 15 is 0 Å². The molecule has 0 aliphatic carbocycles. The molecule has 0 aromatic carbocycles. The Morgan fingerprint density at radius 1 is 1.50 bits per heavy atom. The van der Waals surface area contributed by atoms with E-state index < -0.39 is 5.97 Å². The smallest absolute Gasteiger partial charge is 0.357 e. The van der Waals surface area contributed by atoms with Crippen LogP contribution in [-0.4, -0.2) is 28.4 Å². The van der Waals surface area contributed by atoms with E-state index in [1.165, 1.54) is 4.57 Å². The average molecular weight is 341 g/mol. The van der Waals surface area contributed by atoms with Crippen molar-refractivity contribution in [3.63, 3.8) is 0 Å². The van der Waals surface area contributed by atoms with Crippen molar-refractivity contribution in [2.24, 2.45) is 0 Å². The fraction of sp³-hybridized carbons (Fsp3) is 0.500. The fourth-order valence-corrected chi connectivity index (χ4v) is 2.12. The van der Waals surface area contributed by atoms with Gasteiger partial charge in [0, 0.05) is 0 Å². The molecule has 0 aliphatic rings. The highest BCUT2D eigenvalue weighted by atomic mass is 79.9. The second kappa shape index (κ2) is 8.54. The normalized spacial score (nSPS) is 9.75. The molecule has 0 spiro atoms. The molecule has 0 bridgehead atoms. The van der Waals surface area contributed by atoms with E-state index in [4.69, 9.17) is 4.74 Å². The van der Waals surface area contributed by atoms with Crippen LogP contribution in [0.5, 0.6) is 0 Å². The first-order chi connectivity index (χ1) is 9.65. The number of ether oxygens (including phenoxy) is 1. The number of hydrogen-bond donors (Lipinski definition) is 0. The standard InChI is InChI=1S/C14H17BrN2O3/c1-3-5-7-9-20-13(19)12-11(10-18)16-14(15)17(12)8-6-4-2/h10H,3,5,7-9H2,1-2H3. The van der Waals surface area contributed by atoms with E-state index in [0.29, 0.717) is 17.6 Å². The number of carbonyl (C=O) groups excluding carboxylic acids is 2. The number of rotatable bonds is 7. The summed E-state index contributed by atoms with van der Waals surface area (Å²) in [5.74, 6) is 5.03. The third-order valence-electron chi connectivity index (χ3n) is 2.65. The maximum Gasteiger partial charge on any atom is 0.357 e. The maximum absolute atomic E-state index is 12.1. The van der Waals surface area contributed by atoms with E-state index in [0.717, 1.165) is 19.3 Å². The van der Waals surface area contributed by atoms with Crippen molar-refractivity contribution >= 4 is 28.2 Å². The summed E-state index contributed by atoms with van der Waals surface area (Å²) < 4.78 is 7.10. The van der Waals surface area contributed by atoms with E-state index in [2.05, 4.69) is 39.7 Å². The van der Waals surface area contributed by atoms with Crippen LogP contribution >= 0.6 is 15.9 Å². The van der Waals surface area contributed by atoms with Crippen LogP contribution in [0.3, 0.4) is 0 Å². The molecule has 0 aliphatic heterocycles. The average Bonchev–Trinajstić information content (AvgIpc) is 2.77. The van der Waals surface area contributed by atoms with Gasteiger partial charge in [-0.25, -0.2) is 9.78 Å². The Bertz CT molecular complexity index is 541. The number of unbranched alkanes of at least 4 members (excludes halogenated alkanes) is 2. The topological polar surface area (TPSA) is 61.2 Å². The summed E-state index contributed by atoms with van der Waals surface area (Å²) in [6, 6.07) is 0. The first-order valence-corrected chi connectivity index (χ1v) is 7.22. The van der Waals surface area contributed by atoms with Crippen LogP contribution in [0.2, 0.25) is 0 Å². The first kappa shape index (κ1) is 16.4. The molecule has 0 radical (unpaired) electrons. The molecule has 6 heteroatoms. The molecule has 0 saturated heterocycles. The molecule has 1 aromatic heterocycles. The van der Waals surface area contributed by atoms with Crippen LogP contribution in [-0.2, 0) is 11.3 Å². The first-order valence-electron chi connectivity index (χ1n) is 6.43. The zero-order valence-electron chi connectivity index (χ0n) is 11.6. The van der Waals surface area contributed by atoms with Gasteiger partial charge in [0.15, 0.2) is 16.7 Å².